The van der Waals surface area contributed by atoms with Crippen LogP contribution in [0.4, 0.5) is 10.1 Å². The summed E-state index contributed by atoms with van der Waals surface area (Å²) in [7, 11) is -3.62. The van der Waals surface area contributed by atoms with E-state index in [-0.39, 0.29) is 16.1 Å². The molecule has 20 heavy (non-hydrogen) atoms. The monoisotopic (exact) mass is 318 g/mol. The minimum Gasteiger partial charge on any atom is -0.396 e. The molecule has 0 saturated carbocycles. The molecule has 1 aromatic carbocycles. The molecule has 1 aliphatic rings. The minimum atomic E-state index is -3.62. The number of anilines is 1. The van der Waals surface area contributed by atoms with E-state index in [0.29, 0.717) is 12.5 Å². The fraction of sp³-hybridized carbons (Fsp3) is 0.538. The molecule has 1 fully saturated rings. The van der Waals surface area contributed by atoms with Crippen LogP contribution in [0.15, 0.2) is 17.0 Å². The standard InChI is InChI=1S/C13H19FN2O2S2/c1-9-6-11(7-12(15)13(9)14)20(17,18)16-8-10-2-4-19-5-3-10/h6-7,10,16H,2-5,8,15H2,1H3. The van der Waals surface area contributed by atoms with Crippen molar-refractivity contribution in [1.82, 2.24) is 4.72 Å². The van der Waals surface area contributed by atoms with E-state index in [1.54, 1.807) is 0 Å². The van der Waals surface area contributed by atoms with Crippen LogP contribution in [0.25, 0.3) is 0 Å². The topological polar surface area (TPSA) is 72.2 Å². The summed E-state index contributed by atoms with van der Waals surface area (Å²) in [5.74, 6) is 1.97. The molecular formula is C13H19FN2O2S2. The second-order valence-corrected chi connectivity index (χ2v) is 8.04. The number of halogens is 1. The lowest BCUT2D eigenvalue weighted by Gasteiger charge is -2.21. The van der Waals surface area contributed by atoms with Crippen molar-refractivity contribution in [3.05, 3.63) is 23.5 Å². The van der Waals surface area contributed by atoms with Crippen LogP contribution < -0.4 is 10.5 Å². The first kappa shape index (κ1) is 15.6. The molecule has 1 heterocycles. The molecule has 0 aliphatic carbocycles. The maximum absolute atomic E-state index is 13.4. The Morgan fingerprint density at radius 2 is 2.05 bits per heavy atom. The van der Waals surface area contributed by atoms with Gasteiger partial charge in [0.1, 0.15) is 5.82 Å². The van der Waals surface area contributed by atoms with Crippen molar-refractivity contribution in [1.29, 1.82) is 0 Å². The van der Waals surface area contributed by atoms with E-state index in [4.69, 9.17) is 5.73 Å². The van der Waals surface area contributed by atoms with Crippen molar-refractivity contribution in [3.8, 4) is 0 Å². The first-order chi connectivity index (χ1) is 9.40. The second kappa shape index (κ2) is 6.32. The van der Waals surface area contributed by atoms with Crippen molar-refractivity contribution in [3.63, 3.8) is 0 Å². The molecule has 2 rings (SSSR count). The number of thioether (sulfide) groups is 1. The normalized spacial score (nSPS) is 17.3. The SMILES string of the molecule is Cc1cc(S(=O)(=O)NCC2CCSCC2)cc(N)c1F. The van der Waals surface area contributed by atoms with E-state index in [1.807, 2.05) is 11.8 Å². The molecule has 0 spiro atoms. The molecule has 0 radical (unpaired) electrons. The number of benzene rings is 1. The van der Waals surface area contributed by atoms with E-state index in [2.05, 4.69) is 4.72 Å². The third-order valence-corrected chi connectivity index (χ3v) is 5.92. The van der Waals surface area contributed by atoms with Gasteiger partial charge in [0.15, 0.2) is 0 Å². The van der Waals surface area contributed by atoms with Gasteiger partial charge in [0.2, 0.25) is 10.0 Å². The molecule has 0 aromatic heterocycles. The van der Waals surface area contributed by atoms with Gasteiger partial charge < -0.3 is 5.73 Å². The third-order valence-electron chi connectivity index (χ3n) is 3.47. The Labute approximate surface area is 123 Å². The molecule has 0 bridgehead atoms. The zero-order valence-electron chi connectivity index (χ0n) is 11.4. The summed E-state index contributed by atoms with van der Waals surface area (Å²) < 4.78 is 40.4. The molecule has 0 unspecified atom stereocenters. The molecule has 1 saturated heterocycles. The highest BCUT2D eigenvalue weighted by Crippen LogP contribution is 2.24. The fourth-order valence-electron chi connectivity index (χ4n) is 2.18. The summed E-state index contributed by atoms with van der Waals surface area (Å²) >= 11 is 1.90. The molecule has 112 valence electrons. The average molecular weight is 318 g/mol. The summed E-state index contributed by atoms with van der Waals surface area (Å²) in [5.41, 5.74) is 5.58. The van der Waals surface area contributed by atoms with Gasteiger partial charge in [-0.25, -0.2) is 17.5 Å². The second-order valence-electron chi connectivity index (χ2n) is 5.05. The van der Waals surface area contributed by atoms with Crippen LogP contribution in [-0.2, 0) is 10.0 Å². The number of nitrogen functional groups attached to an aromatic ring is 1. The highest BCUT2D eigenvalue weighted by Gasteiger charge is 2.20. The van der Waals surface area contributed by atoms with Gasteiger partial charge in [-0.3, -0.25) is 0 Å². The number of aryl methyl sites for hydroxylation is 1. The van der Waals surface area contributed by atoms with Crippen LogP contribution in [0, 0.1) is 18.7 Å². The molecule has 1 aliphatic heterocycles. The van der Waals surface area contributed by atoms with Gasteiger partial charge in [0.25, 0.3) is 0 Å². The molecule has 0 amide bonds. The lowest BCUT2D eigenvalue weighted by molar-refractivity contribution is 0.476. The van der Waals surface area contributed by atoms with Crippen LogP contribution in [0.3, 0.4) is 0 Å². The quantitative estimate of drug-likeness (QED) is 0.834. The van der Waals surface area contributed by atoms with Crippen molar-refractivity contribution in [2.75, 3.05) is 23.8 Å². The van der Waals surface area contributed by atoms with Gasteiger partial charge in [0.05, 0.1) is 10.6 Å². The van der Waals surface area contributed by atoms with Crippen LogP contribution in [-0.4, -0.2) is 26.5 Å². The van der Waals surface area contributed by atoms with Gasteiger partial charge in [-0.05, 0) is 54.9 Å². The van der Waals surface area contributed by atoms with Crippen molar-refractivity contribution < 1.29 is 12.8 Å². The Balaban J connectivity index is 2.10. The van der Waals surface area contributed by atoms with Gasteiger partial charge >= 0.3 is 0 Å². The summed E-state index contributed by atoms with van der Waals surface area (Å²) in [6.45, 7) is 1.93. The third kappa shape index (κ3) is 3.65. The Kier molecular flexibility index (Phi) is 4.93. The van der Waals surface area contributed by atoms with Crippen LogP contribution >= 0.6 is 11.8 Å². The van der Waals surface area contributed by atoms with Crippen LogP contribution in [0.2, 0.25) is 0 Å². The first-order valence-electron chi connectivity index (χ1n) is 6.53. The molecule has 3 N–H and O–H groups in total. The fourth-order valence-corrected chi connectivity index (χ4v) is 4.62. The molecule has 4 nitrogen and oxygen atoms in total. The highest BCUT2D eigenvalue weighted by molar-refractivity contribution is 7.99. The zero-order valence-corrected chi connectivity index (χ0v) is 13.0. The molecule has 7 heteroatoms. The van der Waals surface area contributed by atoms with Crippen LogP contribution in [0.5, 0.6) is 0 Å². The number of hydrogen-bond donors (Lipinski definition) is 2. The Hall–Kier alpha value is -0.790. The smallest absolute Gasteiger partial charge is 0.240 e. The molecule has 0 atom stereocenters. The van der Waals surface area contributed by atoms with E-state index in [1.165, 1.54) is 19.1 Å². The zero-order chi connectivity index (χ0) is 14.8. The Morgan fingerprint density at radius 1 is 1.40 bits per heavy atom. The molecule has 1 aromatic rings. The van der Waals surface area contributed by atoms with Gasteiger partial charge in [0, 0.05) is 6.54 Å². The number of hydrogen-bond acceptors (Lipinski definition) is 4. The maximum Gasteiger partial charge on any atom is 0.240 e. The van der Waals surface area contributed by atoms with Gasteiger partial charge in [-0.1, -0.05) is 0 Å². The van der Waals surface area contributed by atoms with Crippen LogP contribution in [0.1, 0.15) is 18.4 Å². The number of sulfonamides is 1. The van der Waals surface area contributed by atoms with Gasteiger partial charge in [-0.2, -0.15) is 11.8 Å². The Morgan fingerprint density at radius 3 is 2.65 bits per heavy atom. The largest absolute Gasteiger partial charge is 0.396 e. The lowest BCUT2D eigenvalue weighted by Crippen LogP contribution is -2.31. The van der Waals surface area contributed by atoms with Crippen molar-refractivity contribution in [2.45, 2.75) is 24.7 Å². The van der Waals surface area contributed by atoms with Crippen molar-refractivity contribution >= 4 is 27.5 Å². The average Bonchev–Trinajstić information content (AvgIpc) is 2.43. The maximum atomic E-state index is 13.4. The first-order valence-corrected chi connectivity index (χ1v) is 9.17. The minimum absolute atomic E-state index is 0.0269. The number of rotatable bonds is 4. The summed E-state index contributed by atoms with van der Waals surface area (Å²) in [4.78, 5) is 0.0269. The Bertz CT molecular complexity index is 561. The lowest BCUT2D eigenvalue weighted by atomic mass is 10.0. The summed E-state index contributed by atoms with van der Waals surface area (Å²) in [6.07, 6.45) is 2.05. The number of nitrogens with one attached hydrogen (secondary N) is 1. The predicted octanol–water partition coefficient (Wildman–Crippen LogP) is 2.14. The summed E-state index contributed by atoms with van der Waals surface area (Å²) in [6, 6.07) is 2.48. The van der Waals surface area contributed by atoms with E-state index in [9.17, 15) is 12.8 Å². The predicted molar refractivity (Wildman–Crippen MR) is 80.8 cm³/mol. The molecular weight excluding hydrogens is 299 g/mol. The van der Waals surface area contributed by atoms with E-state index >= 15 is 0 Å². The summed E-state index contributed by atoms with van der Waals surface area (Å²) in [5, 5.41) is 0. The van der Waals surface area contributed by atoms with Gasteiger partial charge in [-0.15, -0.1) is 0 Å². The highest BCUT2D eigenvalue weighted by atomic mass is 32.2. The van der Waals surface area contributed by atoms with Crippen molar-refractivity contribution in [2.24, 2.45) is 5.92 Å². The van der Waals surface area contributed by atoms with E-state index in [0.717, 1.165) is 24.3 Å². The van der Waals surface area contributed by atoms with E-state index < -0.39 is 15.8 Å². The number of nitrogens with two attached hydrogens (primary N) is 1.